The molecule has 0 spiro atoms. The zero-order chi connectivity index (χ0) is 22.8. The molecule has 31 heavy (non-hydrogen) atoms. The van der Waals surface area contributed by atoms with Gasteiger partial charge in [0.2, 0.25) is 0 Å². The number of para-hydroxylation sites is 1. The predicted octanol–water partition coefficient (Wildman–Crippen LogP) is 6.25. The summed E-state index contributed by atoms with van der Waals surface area (Å²) in [5.41, 5.74) is 7.05. The highest BCUT2D eigenvalue weighted by atomic mass is 16.1. The van der Waals surface area contributed by atoms with E-state index < -0.39 is 5.91 Å². The summed E-state index contributed by atoms with van der Waals surface area (Å²) >= 11 is 0. The van der Waals surface area contributed by atoms with E-state index in [0.29, 0.717) is 5.69 Å². The van der Waals surface area contributed by atoms with Crippen LogP contribution in [0.1, 0.15) is 48.8 Å². The summed E-state index contributed by atoms with van der Waals surface area (Å²) in [4.78, 5) is 12.7. The van der Waals surface area contributed by atoms with Gasteiger partial charge in [0.25, 0.3) is 5.91 Å². The molecule has 4 nitrogen and oxygen atoms in total. The lowest BCUT2D eigenvalue weighted by molar-refractivity contribution is -0.112. The van der Waals surface area contributed by atoms with Crippen molar-refractivity contribution < 1.29 is 4.79 Å². The van der Waals surface area contributed by atoms with Crippen LogP contribution in [0.15, 0.2) is 60.2 Å². The molecular formula is C27H29N3O. The zero-order valence-corrected chi connectivity index (χ0v) is 19.1. The third-order valence-electron chi connectivity index (χ3n) is 5.52. The van der Waals surface area contributed by atoms with Gasteiger partial charge in [0.05, 0.1) is 0 Å². The standard InChI is InChI=1S/C27H29N3O/c1-18-9-7-8-10-25(18)29-26(31)22(17-28)16-21-15-19(2)30(20(21)3)24-13-11-23(12-14-24)27(4,5)6/h7-16H,1-6H3,(H,29,31)/b22-16-. The molecule has 0 aliphatic heterocycles. The molecule has 0 aliphatic carbocycles. The van der Waals surface area contributed by atoms with Crippen LogP contribution >= 0.6 is 0 Å². The molecule has 0 aliphatic rings. The monoisotopic (exact) mass is 411 g/mol. The first-order chi connectivity index (χ1) is 14.6. The van der Waals surface area contributed by atoms with Crippen molar-refractivity contribution in [3.63, 3.8) is 0 Å². The van der Waals surface area contributed by atoms with Gasteiger partial charge in [-0.15, -0.1) is 0 Å². The summed E-state index contributed by atoms with van der Waals surface area (Å²) in [6, 6.07) is 20.1. The van der Waals surface area contributed by atoms with Crippen LogP contribution in [0.5, 0.6) is 0 Å². The number of hydrogen-bond donors (Lipinski definition) is 1. The molecule has 0 unspecified atom stereocenters. The number of rotatable bonds is 4. The number of benzene rings is 2. The molecule has 1 heterocycles. The lowest BCUT2D eigenvalue weighted by Gasteiger charge is -2.20. The minimum atomic E-state index is -0.406. The first-order valence-electron chi connectivity index (χ1n) is 10.4. The van der Waals surface area contributed by atoms with Crippen LogP contribution in [0, 0.1) is 32.1 Å². The summed E-state index contributed by atoms with van der Waals surface area (Å²) in [6.07, 6.45) is 1.66. The normalized spacial score (nSPS) is 11.8. The van der Waals surface area contributed by atoms with Crippen molar-refractivity contribution in [2.75, 3.05) is 5.32 Å². The number of nitrogens with zero attached hydrogens (tertiary/aromatic N) is 2. The van der Waals surface area contributed by atoms with Crippen molar-refractivity contribution in [1.29, 1.82) is 5.26 Å². The maximum absolute atomic E-state index is 12.7. The Labute approximate surface area is 184 Å². The number of aryl methyl sites for hydroxylation is 2. The van der Waals surface area contributed by atoms with Gasteiger partial charge >= 0.3 is 0 Å². The Morgan fingerprint density at radius 2 is 1.68 bits per heavy atom. The number of amides is 1. The van der Waals surface area contributed by atoms with Gasteiger partial charge in [-0.25, -0.2) is 0 Å². The van der Waals surface area contributed by atoms with Crippen molar-refractivity contribution in [3.05, 3.63) is 88.2 Å². The third kappa shape index (κ3) is 4.78. The summed E-state index contributed by atoms with van der Waals surface area (Å²) in [5, 5.41) is 12.4. The van der Waals surface area contributed by atoms with Gasteiger partial charge in [0.15, 0.2) is 0 Å². The molecule has 0 bridgehead atoms. The van der Waals surface area contributed by atoms with E-state index in [1.807, 2.05) is 57.2 Å². The zero-order valence-electron chi connectivity index (χ0n) is 19.1. The summed E-state index contributed by atoms with van der Waals surface area (Å²) in [7, 11) is 0. The van der Waals surface area contributed by atoms with Crippen molar-refractivity contribution in [2.45, 2.75) is 47.0 Å². The molecule has 1 aromatic heterocycles. The summed E-state index contributed by atoms with van der Waals surface area (Å²) < 4.78 is 2.15. The fourth-order valence-electron chi connectivity index (χ4n) is 3.65. The van der Waals surface area contributed by atoms with Crippen molar-refractivity contribution >= 4 is 17.7 Å². The Bertz CT molecular complexity index is 1180. The van der Waals surface area contributed by atoms with Gasteiger partial charge < -0.3 is 9.88 Å². The lowest BCUT2D eigenvalue weighted by atomic mass is 9.87. The Morgan fingerprint density at radius 3 is 2.26 bits per heavy atom. The SMILES string of the molecule is Cc1ccccc1NC(=O)/C(C#N)=C\c1cc(C)n(-c2ccc(C(C)(C)C)cc2)c1C. The van der Waals surface area contributed by atoms with Crippen LogP contribution in [-0.2, 0) is 10.2 Å². The van der Waals surface area contributed by atoms with Crippen LogP contribution in [0.25, 0.3) is 11.8 Å². The number of nitrogens with one attached hydrogen (secondary N) is 1. The summed E-state index contributed by atoms with van der Waals surface area (Å²) in [6.45, 7) is 12.5. The van der Waals surface area contributed by atoms with Gasteiger partial charge in [0, 0.05) is 22.8 Å². The quantitative estimate of drug-likeness (QED) is 0.408. The maximum atomic E-state index is 12.7. The number of nitriles is 1. The second-order valence-corrected chi connectivity index (χ2v) is 8.90. The van der Waals surface area contributed by atoms with Crippen LogP contribution < -0.4 is 5.32 Å². The molecule has 2 aromatic carbocycles. The van der Waals surface area contributed by atoms with E-state index in [1.54, 1.807) is 6.08 Å². The fraction of sp³-hybridized carbons (Fsp3) is 0.259. The van der Waals surface area contributed by atoms with E-state index in [0.717, 1.165) is 28.2 Å². The highest BCUT2D eigenvalue weighted by Gasteiger charge is 2.16. The Balaban J connectivity index is 1.93. The van der Waals surface area contributed by atoms with Gasteiger partial charge in [-0.2, -0.15) is 5.26 Å². The predicted molar refractivity (Wildman–Crippen MR) is 127 cm³/mol. The first-order valence-corrected chi connectivity index (χ1v) is 10.4. The largest absolute Gasteiger partial charge is 0.321 e. The van der Waals surface area contributed by atoms with Crippen molar-refractivity contribution in [1.82, 2.24) is 4.57 Å². The first kappa shape index (κ1) is 22.1. The molecular weight excluding hydrogens is 382 g/mol. The smallest absolute Gasteiger partial charge is 0.266 e. The molecule has 4 heteroatoms. The van der Waals surface area contributed by atoms with Gasteiger partial charge in [-0.3, -0.25) is 4.79 Å². The number of anilines is 1. The average molecular weight is 412 g/mol. The molecule has 0 fully saturated rings. The van der Waals surface area contributed by atoms with Crippen LogP contribution in [-0.4, -0.2) is 10.5 Å². The van der Waals surface area contributed by atoms with Crippen molar-refractivity contribution in [3.8, 4) is 11.8 Å². The second-order valence-electron chi connectivity index (χ2n) is 8.90. The number of aromatic nitrogens is 1. The van der Waals surface area contributed by atoms with E-state index in [4.69, 9.17) is 0 Å². The highest BCUT2D eigenvalue weighted by molar-refractivity contribution is 6.10. The average Bonchev–Trinajstić information content (AvgIpc) is 3.00. The minimum Gasteiger partial charge on any atom is -0.321 e. The molecule has 0 saturated carbocycles. The van der Waals surface area contributed by atoms with Crippen LogP contribution in [0.4, 0.5) is 5.69 Å². The maximum Gasteiger partial charge on any atom is 0.266 e. The molecule has 0 radical (unpaired) electrons. The van der Waals surface area contributed by atoms with E-state index in [2.05, 4.69) is 54.9 Å². The molecule has 3 aromatic rings. The summed E-state index contributed by atoms with van der Waals surface area (Å²) in [5.74, 6) is -0.406. The second kappa shape index (κ2) is 8.65. The molecule has 3 rings (SSSR count). The Hall–Kier alpha value is -3.58. The fourth-order valence-corrected chi connectivity index (χ4v) is 3.65. The van der Waals surface area contributed by atoms with E-state index in [9.17, 15) is 10.1 Å². The molecule has 1 amide bonds. The highest BCUT2D eigenvalue weighted by Crippen LogP contribution is 2.27. The van der Waals surface area contributed by atoms with E-state index in [-0.39, 0.29) is 11.0 Å². The number of carbonyl (C=O) groups excluding carboxylic acids is 1. The Kier molecular flexibility index (Phi) is 6.17. The van der Waals surface area contributed by atoms with Crippen molar-refractivity contribution in [2.24, 2.45) is 0 Å². The number of hydrogen-bond acceptors (Lipinski definition) is 2. The topological polar surface area (TPSA) is 57.8 Å². The third-order valence-corrected chi connectivity index (χ3v) is 5.52. The Morgan fingerprint density at radius 1 is 1.03 bits per heavy atom. The van der Waals surface area contributed by atoms with Gasteiger partial charge in [-0.1, -0.05) is 51.1 Å². The van der Waals surface area contributed by atoms with Crippen LogP contribution in [0.2, 0.25) is 0 Å². The molecule has 1 N–H and O–H groups in total. The van der Waals surface area contributed by atoms with Gasteiger partial charge in [0.1, 0.15) is 11.6 Å². The molecule has 0 saturated heterocycles. The van der Waals surface area contributed by atoms with Crippen LogP contribution in [0.3, 0.4) is 0 Å². The van der Waals surface area contributed by atoms with Gasteiger partial charge in [-0.05, 0) is 73.2 Å². The number of carbonyl (C=O) groups is 1. The molecule has 0 atom stereocenters. The minimum absolute atomic E-state index is 0.0755. The lowest BCUT2D eigenvalue weighted by Crippen LogP contribution is -2.14. The van der Waals surface area contributed by atoms with E-state index >= 15 is 0 Å². The molecule has 158 valence electrons. The van der Waals surface area contributed by atoms with E-state index in [1.165, 1.54) is 5.56 Å².